The first-order chi connectivity index (χ1) is 19.1. The fourth-order valence-corrected chi connectivity index (χ4v) is 5.30. The number of piperazine rings is 1. The van der Waals surface area contributed by atoms with Gasteiger partial charge in [0.25, 0.3) is 5.91 Å². The molecule has 2 aliphatic heterocycles. The number of rotatable bonds is 6. The van der Waals surface area contributed by atoms with E-state index in [0.717, 1.165) is 24.2 Å². The lowest BCUT2D eigenvalue weighted by atomic mass is 10.0. The first kappa shape index (κ1) is 27.6. The lowest BCUT2D eigenvalue weighted by Crippen LogP contribution is -2.55. The Bertz CT molecular complexity index is 1510. The number of nitrogens with zero attached hydrogens (tertiary/aromatic N) is 6. The molecule has 0 aliphatic carbocycles. The Morgan fingerprint density at radius 3 is 2.67 bits per heavy atom. The SMILES string of the molecule is CCC1=C(c2c3c(N)ncnc3[n+](CC(=O)N3CCN(c4ccc(Cl)c(OC(F)(F)F)c4)CC3)n2C)NC=CC1. The molecule has 0 unspecified atom stereocenters. The summed E-state index contributed by atoms with van der Waals surface area (Å²) in [6.45, 7) is 3.76. The molecule has 10 nitrogen and oxygen atoms in total. The van der Waals surface area contributed by atoms with E-state index in [-0.39, 0.29) is 17.5 Å². The van der Waals surface area contributed by atoms with Crippen molar-refractivity contribution in [3.63, 3.8) is 0 Å². The molecule has 0 saturated carbocycles. The average molecular weight is 578 g/mol. The number of nitrogen functional groups attached to an aromatic ring is 1. The molecule has 3 aromatic rings. The maximum atomic E-state index is 13.5. The predicted octanol–water partition coefficient (Wildman–Crippen LogP) is 3.37. The fraction of sp³-hybridized carbons (Fsp3) is 0.385. The Balaban J connectivity index is 1.35. The van der Waals surface area contributed by atoms with Crippen LogP contribution in [0, 0.1) is 0 Å². The van der Waals surface area contributed by atoms with Gasteiger partial charge >= 0.3 is 12.0 Å². The minimum Gasteiger partial charge on any atom is -0.404 e. The Hall–Kier alpha value is -4.00. The fourth-order valence-electron chi connectivity index (χ4n) is 5.14. The standard InChI is InChI=1S/C26H28ClF3N8O2/c1-3-16-5-4-8-32-22(16)23-21-24(31)33-15-34-25(21)38(35(23)2)14-20(39)37-11-9-36(10-12-37)17-6-7-18(27)19(13-17)40-26(28,29)30/h4,6-8,13,15,31-32H,3,5,9-12,14H2,1-2H3/p+1. The number of ether oxygens (including phenoxy) is 1. The molecule has 0 radical (unpaired) electrons. The quantitative estimate of drug-likeness (QED) is 0.433. The van der Waals surface area contributed by atoms with E-state index < -0.39 is 12.1 Å². The van der Waals surface area contributed by atoms with Gasteiger partial charge in [0.15, 0.2) is 6.54 Å². The van der Waals surface area contributed by atoms with Gasteiger partial charge in [-0.05, 0) is 41.7 Å². The summed E-state index contributed by atoms with van der Waals surface area (Å²) in [6.07, 6.45) is 2.13. The van der Waals surface area contributed by atoms with E-state index in [2.05, 4.69) is 33.0 Å². The minimum atomic E-state index is -4.85. The van der Waals surface area contributed by atoms with Gasteiger partial charge in [-0.15, -0.1) is 17.9 Å². The predicted molar refractivity (Wildman–Crippen MR) is 144 cm³/mol. The van der Waals surface area contributed by atoms with Crippen molar-refractivity contribution < 1.29 is 27.4 Å². The van der Waals surface area contributed by atoms with E-state index in [1.54, 1.807) is 15.6 Å². The summed E-state index contributed by atoms with van der Waals surface area (Å²) in [5, 5.41) is 3.88. The summed E-state index contributed by atoms with van der Waals surface area (Å²) in [7, 11) is 1.86. The molecule has 0 atom stereocenters. The van der Waals surface area contributed by atoms with Crippen LogP contribution in [0.3, 0.4) is 0 Å². The maximum absolute atomic E-state index is 13.5. The Morgan fingerprint density at radius 2 is 1.98 bits per heavy atom. The van der Waals surface area contributed by atoms with Crippen molar-refractivity contribution in [2.75, 3.05) is 36.8 Å². The van der Waals surface area contributed by atoms with Crippen LogP contribution >= 0.6 is 11.6 Å². The zero-order chi connectivity index (χ0) is 28.6. The van der Waals surface area contributed by atoms with Crippen LogP contribution < -0.4 is 25.4 Å². The van der Waals surface area contributed by atoms with Crippen molar-refractivity contribution in [1.82, 2.24) is 24.9 Å². The molecule has 2 aliphatic rings. The molecule has 14 heteroatoms. The van der Waals surface area contributed by atoms with Crippen molar-refractivity contribution in [3.8, 4) is 5.75 Å². The first-order valence-corrected chi connectivity index (χ1v) is 13.2. The highest BCUT2D eigenvalue weighted by atomic mass is 35.5. The van der Waals surface area contributed by atoms with Gasteiger partial charge in [-0.1, -0.05) is 24.6 Å². The van der Waals surface area contributed by atoms with Gasteiger partial charge in [-0.2, -0.15) is 4.98 Å². The lowest BCUT2D eigenvalue weighted by Gasteiger charge is -2.36. The van der Waals surface area contributed by atoms with Gasteiger partial charge in [-0.25, -0.2) is 4.68 Å². The number of fused-ring (bicyclic) bond motifs is 1. The third-order valence-electron chi connectivity index (χ3n) is 7.17. The Kier molecular flexibility index (Phi) is 7.49. The number of carbonyl (C=O) groups excluding carboxylic acids is 1. The molecule has 1 aromatic carbocycles. The number of aromatic nitrogens is 4. The second kappa shape index (κ2) is 10.9. The van der Waals surface area contributed by atoms with E-state index in [4.69, 9.17) is 17.3 Å². The number of benzene rings is 1. The van der Waals surface area contributed by atoms with Crippen LogP contribution in [-0.2, 0) is 18.4 Å². The molecule has 1 fully saturated rings. The summed E-state index contributed by atoms with van der Waals surface area (Å²) in [4.78, 5) is 25.7. The van der Waals surface area contributed by atoms with Crippen LogP contribution in [0.4, 0.5) is 24.7 Å². The molecular formula is C26H29ClF3N8O2+. The number of anilines is 2. The van der Waals surface area contributed by atoms with E-state index in [0.29, 0.717) is 48.7 Å². The van der Waals surface area contributed by atoms with E-state index in [1.807, 2.05) is 22.8 Å². The summed E-state index contributed by atoms with van der Waals surface area (Å²) < 4.78 is 45.9. The highest BCUT2D eigenvalue weighted by Crippen LogP contribution is 2.34. The summed E-state index contributed by atoms with van der Waals surface area (Å²) in [5.74, 6) is -0.251. The highest BCUT2D eigenvalue weighted by Gasteiger charge is 2.34. The van der Waals surface area contributed by atoms with Gasteiger partial charge in [0, 0.05) is 45.0 Å². The smallest absolute Gasteiger partial charge is 0.404 e. The maximum Gasteiger partial charge on any atom is 0.573 e. The van der Waals surface area contributed by atoms with E-state index in [9.17, 15) is 18.0 Å². The monoisotopic (exact) mass is 577 g/mol. The third-order valence-corrected chi connectivity index (χ3v) is 7.49. The molecule has 1 saturated heterocycles. The molecule has 3 N–H and O–H groups in total. The van der Waals surface area contributed by atoms with Gasteiger partial charge in [0.05, 0.1) is 10.7 Å². The van der Waals surface area contributed by atoms with Gasteiger partial charge in [-0.3, -0.25) is 4.79 Å². The number of nitrogens with one attached hydrogen (secondary N) is 1. The topological polar surface area (TPSA) is 105 Å². The van der Waals surface area contributed by atoms with Gasteiger partial charge in [0.1, 0.15) is 22.6 Å². The number of carbonyl (C=O) groups is 1. The average Bonchev–Trinajstić information content (AvgIpc) is 3.21. The molecule has 5 rings (SSSR count). The molecule has 212 valence electrons. The second-order valence-electron chi connectivity index (χ2n) is 9.50. The van der Waals surface area contributed by atoms with Crippen LogP contribution in [0.25, 0.3) is 16.7 Å². The number of allylic oxidation sites excluding steroid dienone is 2. The summed E-state index contributed by atoms with van der Waals surface area (Å²) in [5.41, 5.74) is 10.3. The molecular weight excluding hydrogens is 549 g/mol. The van der Waals surface area contributed by atoms with Crippen molar-refractivity contribution in [1.29, 1.82) is 0 Å². The van der Waals surface area contributed by atoms with E-state index in [1.165, 1.54) is 24.0 Å². The molecule has 0 bridgehead atoms. The lowest BCUT2D eigenvalue weighted by molar-refractivity contribution is -0.741. The Labute approximate surface area is 233 Å². The number of alkyl halides is 3. The number of hydrogen-bond donors (Lipinski definition) is 2. The number of dihydropyridines is 1. The summed E-state index contributed by atoms with van der Waals surface area (Å²) in [6, 6.07) is 4.27. The highest BCUT2D eigenvalue weighted by molar-refractivity contribution is 6.32. The van der Waals surface area contributed by atoms with Crippen molar-refractivity contribution in [2.24, 2.45) is 7.05 Å². The number of halogens is 4. The van der Waals surface area contributed by atoms with Gasteiger partial charge < -0.3 is 25.6 Å². The molecule has 0 spiro atoms. The zero-order valence-electron chi connectivity index (χ0n) is 22.0. The van der Waals surface area contributed by atoms with Gasteiger partial charge in [0.2, 0.25) is 6.33 Å². The Morgan fingerprint density at radius 1 is 1.23 bits per heavy atom. The minimum absolute atomic E-state index is 0.0263. The first-order valence-electron chi connectivity index (χ1n) is 12.8. The van der Waals surface area contributed by atoms with Crippen LogP contribution in [0.5, 0.6) is 5.75 Å². The van der Waals surface area contributed by atoms with Crippen molar-refractivity contribution in [2.45, 2.75) is 32.7 Å². The van der Waals surface area contributed by atoms with Crippen LogP contribution in [0.1, 0.15) is 25.5 Å². The molecule has 40 heavy (non-hydrogen) atoms. The number of amides is 1. The second-order valence-corrected chi connectivity index (χ2v) is 9.91. The zero-order valence-corrected chi connectivity index (χ0v) is 22.8. The van der Waals surface area contributed by atoms with Crippen LogP contribution in [0.2, 0.25) is 5.02 Å². The normalized spacial score (nSPS) is 16.1. The van der Waals surface area contributed by atoms with Crippen LogP contribution in [0.15, 0.2) is 42.4 Å². The van der Waals surface area contributed by atoms with Crippen molar-refractivity contribution >= 4 is 45.7 Å². The molecule has 4 heterocycles. The summed E-state index contributed by atoms with van der Waals surface area (Å²) >= 11 is 5.89. The van der Waals surface area contributed by atoms with Crippen LogP contribution in [-0.4, -0.2) is 58.0 Å². The molecule has 2 aromatic heterocycles. The van der Waals surface area contributed by atoms with E-state index >= 15 is 0 Å². The largest absolute Gasteiger partial charge is 0.573 e. The molecule has 1 amide bonds. The van der Waals surface area contributed by atoms with Crippen molar-refractivity contribution in [3.05, 3.63) is 53.1 Å². The number of nitrogens with two attached hydrogens (primary N) is 1. The number of hydrogen-bond acceptors (Lipinski definition) is 7. The third kappa shape index (κ3) is 5.37.